The van der Waals surface area contributed by atoms with E-state index in [-0.39, 0.29) is 21.7 Å². The molecule has 0 aliphatic carbocycles. The van der Waals surface area contributed by atoms with E-state index in [4.69, 9.17) is 0 Å². The summed E-state index contributed by atoms with van der Waals surface area (Å²) in [6, 6.07) is 34.8. The van der Waals surface area contributed by atoms with Crippen molar-refractivity contribution in [1.82, 2.24) is 29.9 Å². The van der Waals surface area contributed by atoms with Gasteiger partial charge in [0.25, 0.3) is 0 Å². The molecule has 0 fully saturated rings. The molecule has 0 saturated heterocycles. The van der Waals surface area contributed by atoms with Crippen molar-refractivity contribution < 1.29 is 21.7 Å². The van der Waals surface area contributed by atoms with Crippen LogP contribution in [0, 0.1) is 0 Å². The van der Waals surface area contributed by atoms with Crippen molar-refractivity contribution in [2.75, 3.05) is 0 Å². The molecule has 0 saturated carbocycles. The third-order valence-corrected chi connectivity index (χ3v) is 4.78. The zero-order valence-corrected chi connectivity index (χ0v) is 21.6. The minimum absolute atomic E-state index is 0. The van der Waals surface area contributed by atoms with E-state index in [1.54, 1.807) is 37.2 Å². The van der Waals surface area contributed by atoms with Crippen LogP contribution in [0.5, 0.6) is 0 Å². The van der Waals surface area contributed by atoms with Crippen LogP contribution >= 0.6 is 0 Å². The molecule has 0 spiro atoms. The van der Waals surface area contributed by atoms with Crippen LogP contribution in [0.15, 0.2) is 146 Å². The Bertz CT molecular complexity index is 1100. The molecular weight excluding hydrogens is 492 g/mol. The normalized spacial score (nSPS) is 9.41. The van der Waals surface area contributed by atoms with Crippen molar-refractivity contribution in [2.24, 2.45) is 0 Å². The first-order valence-corrected chi connectivity index (χ1v) is 11.4. The van der Waals surface area contributed by atoms with Gasteiger partial charge in [0.05, 0.1) is 34.2 Å². The molecule has 0 aromatic carbocycles. The Balaban J connectivity index is 0.000000152. The summed E-state index contributed by atoms with van der Waals surface area (Å²) in [5, 5.41) is 0. The maximum absolute atomic E-state index is 4.19. The first-order chi connectivity index (χ1) is 17.9. The van der Waals surface area contributed by atoms with Crippen molar-refractivity contribution >= 4 is 0 Å². The number of pyridine rings is 6. The Kier molecular flexibility index (Phi) is 11.5. The van der Waals surface area contributed by atoms with E-state index in [1.165, 1.54) is 0 Å². The molecule has 0 radical (unpaired) electrons. The van der Waals surface area contributed by atoms with E-state index in [0.717, 1.165) is 34.2 Å². The average molecular weight is 516 g/mol. The van der Waals surface area contributed by atoms with E-state index >= 15 is 0 Å². The van der Waals surface area contributed by atoms with E-state index in [9.17, 15) is 0 Å². The quantitative estimate of drug-likeness (QED) is 0.253. The third kappa shape index (κ3) is 8.96. The third-order valence-electron chi connectivity index (χ3n) is 4.78. The Hall–Kier alpha value is -4.39. The zero-order valence-electron chi connectivity index (χ0n) is 20.0. The number of hydrogen-bond donors (Lipinski definition) is 0. The van der Waals surface area contributed by atoms with Crippen molar-refractivity contribution in [3.63, 3.8) is 0 Å². The zero-order chi connectivity index (χ0) is 24.7. The number of aromatic nitrogens is 6. The minimum atomic E-state index is 0. The molecule has 176 valence electrons. The summed E-state index contributed by atoms with van der Waals surface area (Å²) in [6.45, 7) is 0. The van der Waals surface area contributed by atoms with E-state index in [1.807, 2.05) is 109 Å². The first kappa shape index (κ1) is 27.2. The smallest absolute Gasteiger partial charge is 0.255 e. The molecule has 0 N–H and O–H groups in total. The average Bonchev–Trinajstić information content (AvgIpc) is 3.01. The Morgan fingerprint density at radius 3 is 0.514 bits per heavy atom. The first-order valence-electron chi connectivity index (χ1n) is 11.4. The summed E-state index contributed by atoms with van der Waals surface area (Å²) in [5.74, 6) is 0. The van der Waals surface area contributed by atoms with Crippen molar-refractivity contribution in [2.45, 2.75) is 0 Å². The molecule has 6 rings (SSSR count). The summed E-state index contributed by atoms with van der Waals surface area (Å²) in [7, 11) is 0. The Morgan fingerprint density at radius 2 is 0.405 bits per heavy atom. The Morgan fingerprint density at radius 1 is 0.243 bits per heavy atom. The molecule has 0 aliphatic rings. The summed E-state index contributed by atoms with van der Waals surface area (Å²) >= 11 is 0. The molecule has 6 heterocycles. The predicted octanol–water partition coefficient (Wildman–Crippen LogP) is 6.43. The topological polar surface area (TPSA) is 77.3 Å². The van der Waals surface area contributed by atoms with Crippen LogP contribution < -0.4 is 0 Å². The summed E-state index contributed by atoms with van der Waals surface area (Å²) in [4.78, 5) is 25.1. The van der Waals surface area contributed by atoms with Gasteiger partial charge in [-0.25, -0.2) is 0 Å². The minimum Gasteiger partial charge on any atom is -0.255 e. The van der Waals surface area contributed by atoms with Gasteiger partial charge >= 0.3 is 21.7 Å². The number of hydrogen-bond acceptors (Lipinski definition) is 6. The van der Waals surface area contributed by atoms with Gasteiger partial charge < -0.3 is 0 Å². The van der Waals surface area contributed by atoms with Crippen molar-refractivity contribution in [3.05, 3.63) is 146 Å². The van der Waals surface area contributed by atoms with Gasteiger partial charge in [-0.3, -0.25) is 29.9 Å². The van der Waals surface area contributed by atoms with Crippen LogP contribution in [0.4, 0.5) is 0 Å². The van der Waals surface area contributed by atoms with Crippen LogP contribution in [0.2, 0.25) is 0 Å². The standard InChI is InChI=1S/3C10H8N2.Ti/c3*1-3-7-11-9(5-1)10-6-2-4-8-12-10;/h3*1-8H;/q;;;+2. The monoisotopic (exact) mass is 516 g/mol. The van der Waals surface area contributed by atoms with Gasteiger partial charge in [0.15, 0.2) is 0 Å². The molecule has 6 aromatic heterocycles. The van der Waals surface area contributed by atoms with Gasteiger partial charge in [-0.1, -0.05) is 36.4 Å². The van der Waals surface area contributed by atoms with Crippen LogP contribution in [0.25, 0.3) is 34.2 Å². The van der Waals surface area contributed by atoms with Gasteiger partial charge in [-0.05, 0) is 72.8 Å². The van der Waals surface area contributed by atoms with Crippen LogP contribution in [0.3, 0.4) is 0 Å². The number of nitrogens with zero attached hydrogens (tertiary/aromatic N) is 6. The fraction of sp³-hybridized carbons (Fsp3) is 0. The SMILES string of the molecule is [Ti+2].c1ccc(-c2ccccn2)nc1.c1ccc(-c2ccccn2)nc1.c1ccc(-c2ccccn2)nc1. The summed E-state index contributed by atoms with van der Waals surface area (Å²) < 4.78 is 0. The van der Waals surface area contributed by atoms with Gasteiger partial charge in [0.2, 0.25) is 0 Å². The predicted molar refractivity (Wildman–Crippen MR) is 142 cm³/mol. The van der Waals surface area contributed by atoms with Gasteiger partial charge in [0, 0.05) is 37.2 Å². The largest absolute Gasteiger partial charge is 2.00 e. The van der Waals surface area contributed by atoms with Gasteiger partial charge in [0.1, 0.15) is 0 Å². The molecule has 7 heteroatoms. The number of rotatable bonds is 3. The van der Waals surface area contributed by atoms with Crippen molar-refractivity contribution in [1.29, 1.82) is 0 Å². The van der Waals surface area contributed by atoms with Crippen LogP contribution in [-0.4, -0.2) is 29.9 Å². The molecule has 0 unspecified atom stereocenters. The van der Waals surface area contributed by atoms with Gasteiger partial charge in [-0.15, -0.1) is 0 Å². The van der Waals surface area contributed by atoms with Gasteiger partial charge in [-0.2, -0.15) is 0 Å². The van der Waals surface area contributed by atoms with E-state index < -0.39 is 0 Å². The molecule has 0 aliphatic heterocycles. The second-order valence-corrected chi connectivity index (χ2v) is 7.29. The fourth-order valence-electron chi connectivity index (χ4n) is 3.09. The van der Waals surface area contributed by atoms with Crippen LogP contribution in [0.1, 0.15) is 0 Å². The second kappa shape index (κ2) is 15.6. The fourth-order valence-corrected chi connectivity index (χ4v) is 3.09. The maximum atomic E-state index is 4.19. The summed E-state index contributed by atoms with van der Waals surface area (Å²) in [6.07, 6.45) is 10.6. The maximum Gasteiger partial charge on any atom is 2.00 e. The molecule has 0 bridgehead atoms. The van der Waals surface area contributed by atoms with E-state index in [0.29, 0.717) is 0 Å². The molecule has 0 amide bonds. The van der Waals surface area contributed by atoms with Crippen molar-refractivity contribution in [3.8, 4) is 34.2 Å². The molecule has 6 nitrogen and oxygen atoms in total. The molecule has 0 atom stereocenters. The summed E-state index contributed by atoms with van der Waals surface area (Å²) in [5.41, 5.74) is 5.49. The van der Waals surface area contributed by atoms with Crippen LogP contribution in [-0.2, 0) is 21.7 Å². The van der Waals surface area contributed by atoms with E-state index in [2.05, 4.69) is 29.9 Å². The molecular formula is C30H24N6Ti+2. The Labute approximate surface area is 231 Å². The second-order valence-electron chi connectivity index (χ2n) is 7.29. The molecule has 6 aromatic rings. The molecule has 37 heavy (non-hydrogen) atoms.